The molecule has 0 aromatic rings. The van der Waals surface area contributed by atoms with E-state index in [9.17, 15) is 4.79 Å². The molecule has 2 saturated heterocycles. The number of fused-ring (bicyclic) bond motifs is 1. The van der Waals surface area contributed by atoms with Gasteiger partial charge in [-0.3, -0.25) is 0 Å². The summed E-state index contributed by atoms with van der Waals surface area (Å²) in [5.74, 6) is -0.958. The van der Waals surface area contributed by atoms with Gasteiger partial charge in [-0.15, -0.1) is 0 Å². The van der Waals surface area contributed by atoms with Gasteiger partial charge in [-0.2, -0.15) is 0 Å². The van der Waals surface area contributed by atoms with Crippen molar-refractivity contribution in [3.8, 4) is 0 Å². The Hall–Kier alpha value is -0.910. The van der Waals surface area contributed by atoms with E-state index in [0.717, 1.165) is 12.0 Å². The minimum Gasteiger partial charge on any atom is -0.426 e. The second-order valence-corrected chi connectivity index (χ2v) is 7.50. The summed E-state index contributed by atoms with van der Waals surface area (Å²) in [6.07, 6.45) is 2.56. The first-order valence-electron chi connectivity index (χ1n) is 7.71. The molecule has 3 heterocycles. The third kappa shape index (κ3) is 1.04. The maximum Gasteiger partial charge on any atom is 0.336 e. The van der Waals surface area contributed by atoms with E-state index < -0.39 is 5.79 Å². The molecule has 114 valence electrons. The number of hydrogen-bond acceptors (Lipinski definition) is 5. The van der Waals surface area contributed by atoms with E-state index in [0.29, 0.717) is 18.4 Å². The number of carbonyl (C=O) groups is 1. The van der Waals surface area contributed by atoms with Crippen LogP contribution in [0.3, 0.4) is 0 Å². The number of ether oxygens (including phenoxy) is 4. The van der Waals surface area contributed by atoms with Gasteiger partial charge in [0.25, 0.3) is 0 Å². The summed E-state index contributed by atoms with van der Waals surface area (Å²) in [7, 11) is 1.62. The molecular weight excluding hydrogens is 272 g/mol. The average Bonchev–Trinajstić information content (AvgIpc) is 3.26. The zero-order chi connectivity index (χ0) is 14.8. The lowest BCUT2D eigenvalue weighted by Crippen LogP contribution is -2.41. The SMILES string of the molecule is CO[C@@]12C[C@@H](C)[C@]34O[C@H]3C[C@]3(C)O[C@]43CC1=C(C)C(=O)O2. The van der Waals surface area contributed by atoms with Crippen molar-refractivity contribution < 1.29 is 23.7 Å². The van der Waals surface area contributed by atoms with Crippen LogP contribution in [0.2, 0.25) is 0 Å². The first-order valence-corrected chi connectivity index (χ1v) is 7.71. The number of esters is 1. The zero-order valence-corrected chi connectivity index (χ0v) is 12.8. The lowest BCUT2D eigenvalue weighted by Gasteiger charge is -2.30. The number of hydrogen-bond donors (Lipinski definition) is 0. The molecule has 5 heteroatoms. The standard InChI is InChI=1S/C16H20O5/c1-8-5-14(18-4)10(9(2)12(17)20-14)6-15-13(3,21-15)7-11-16(8,15)19-11/h8,11H,5-7H2,1-4H3/t8-,11+,13+,14-,15+,16+/m1/s1. The van der Waals surface area contributed by atoms with Crippen LogP contribution in [0.1, 0.15) is 40.0 Å². The molecule has 2 saturated carbocycles. The van der Waals surface area contributed by atoms with Gasteiger partial charge in [0.05, 0.1) is 6.10 Å². The average molecular weight is 292 g/mol. The van der Waals surface area contributed by atoms with E-state index in [4.69, 9.17) is 18.9 Å². The van der Waals surface area contributed by atoms with E-state index >= 15 is 0 Å². The molecule has 0 aromatic carbocycles. The van der Waals surface area contributed by atoms with Crippen molar-refractivity contribution in [1.29, 1.82) is 0 Å². The molecule has 0 amide bonds. The second-order valence-electron chi connectivity index (χ2n) is 7.50. The molecule has 4 fully saturated rings. The van der Waals surface area contributed by atoms with Crippen molar-refractivity contribution in [2.75, 3.05) is 7.11 Å². The van der Waals surface area contributed by atoms with Crippen LogP contribution in [-0.4, -0.2) is 41.8 Å². The van der Waals surface area contributed by atoms with Crippen LogP contribution in [0.15, 0.2) is 11.1 Å². The summed E-state index contributed by atoms with van der Waals surface area (Å²) in [6.45, 7) is 6.17. The summed E-state index contributed by atoms with van der Waals surface area (Å²) in [5.41, 5.74) is 1.01. The third-order valence-electron chi connectivity index (χ3n) is 6.72. The minimum atomic E-state index is -0.919. The summed E-state index contributed by atoms with van der Waals surface area (Å²) in [4.78, 5) is 12.1. The van der Waals surface area contributed by atoms with Gasteiger partial charge in [-0.05, 0) is 19.8 Å². The van der Waals surface area contributed by atoms with Crippen molar-refractivity contribution in [2.24, 2.45) is 5.92 Å². The van der Waals surface area contributed by atoms with Gasteiger partial charge >= 0.3 is 5.97 Å². The van der Waals surface area contributed by atoms with Gasteiger partial charge in [0.15, 0.2) is 0 Å². The normalized spacial score (nSPS) is 59.7. The van der Waals surface area contributed by atoms with Crippen LogP contribution in [0, 0.1) is 5.92 Å². The maximum absolute atomic E-state index is 12.1. The summed E-state index contributed by atoms with van der Waals surface area (Å²) in [6, 6.07) is 0. The Balaban J connectivity index is 1.70. The number of epoxide rings is 2. The number of methoxy groups -OCH3 is 1. The van der Waals surface area contributed by atoms with E-state index in [1.54, 1.807) is 7.11 Å². The van der Waals surface area contributed by atoms with Crippen LogP contribution in [0.25, 0.3) is 0 Å². The Morgan fingerprint density at radius 3 is 2.81 bits per heavy atom. The van der Waals surface area contributed by atoms with Crippen molar-refractivity contribution >= 4 is 5.97 Å². The molecule has 21 heavy (non-hydrogen) atoms. The second kappa shape index (κ2) is 3.07. The molecule has 0 bridgehead atoms. The highest BCUT2D eigenvalue weighted by Gasteiger charge is 2.93. The van der Waals surface area contributed by atoms with Crippen LogP contribution < -0.4 is 0 Å². The van der Waals surface area contributed by atoms with E-state index in [1.165, 1.54) is 0 Å². The highest BCUT2D eigenvalue weighted by Crippen LogP contribution is 2.79. The molecule has 6 atom stereocenters. The Morgan fingerprint density at radius 1 is 1.33 bits per heavy atom. The first kappa shape index (κ1) is 12.6. The largest absolute Gasteiger partial charge is 0.426 e. The molecule has 5 nitrogen and oxygen atoms in total. The molecule has 0 aromatic heterocycles. The smallest absolute Gasteiger partial charge is 0.336 e. The van der Waals surface area contributed by atoms with E-state index in [2.05, 4.69) is 13.8 Å². The Labute approximate surface area is 123 Å². The summed E-state index contributed by atoms with van der Waals surface area (Å²) >= 11 is 0. The van der Waals surface area contributed by atoms with Crippen LogP contribution >= 0.6 is 0 Å². The number of carbonyl (C=O) groups excluding carboxylic acids is 1. The highest BCUT2D eigenvalue weighted by molar-refractivity contribution is 5.92. The summed E-state index contributed by atoms with van der Waals surface area (Å²) in [5, 5.41) is 0. The Morgan fingerprint density at radius 2 is 2.10 bits per heavy atom. The quantitative estimate of drug-likeness (QED) is 0.544. The summed E-state index contributed by atoms with van der Waals surface area (Å²) < 4.78 is 23.7. The topological polar surface area (TPSA) is 60.6 Å². The van der Waals surface area contributed by atoms with Crippen molar-refractivity contribution in [1.82, 2.24) is 0 Å². The van der Waals surface area contributed by atoms with Crippen molar-refractivity contribution in [2.45, 2.75) is 68.7 Å². The van der Waals surface area contributed by atoms with Gasteiger partial charge in [-0.1, -0.05) is 6.92 Å². The minimum absolute atomic E-state index is 0.118. The van der Waals surface area contributed by atoms with Crippen LogP contribution in [0.5, 0.6) is 0 Å². The van der Waals surface area contributed by atoms with Crippen LogP contribution in [0.4, 0.5) is 0 Å². The molecule has 0 N–H and O–H groups in total. The molecule has 0 unspecified atom stereocenters. The molecule has 3 aliphatic heterocycles. The van der Waals surface area contributed by atoms with Gasteiger partial charge in [0.2, 0.25) is 5.79 Å². The van der Waals surface area contributed by atoms with E-state index in [1.807, 2.05) is 6.92 Å². The molecule has 0 radical (unpaired) electrons. The third-order valence-corrected chi connectivity index (χ3v) is 6.72. The molecule has 5 rings (SSSR count). The Bertz CT molecular complexity index is 626. The Kier molecular flexibility index (Phi) is 1.85. The maximum atomic E-state index is 12.1. The van der Waals surface area contributed by atoms with E-state index in [-0.39, 0.29) is 34.8 Å². The van der Waals surface area contributed by atoms with Gasteiger partial charge in [0.1, 0.15) is 16.8 Å². The van der Waals surface area contributed by atoms with Gasteiger partial charge < -0.3 is 18.9 Å². The fourth-order valence-electron chi connectivity index (χ4n) is 5.54. The lowest BCUT2D eigenvalue weighted by atomic mass is 9.78. The van der Waals surface area contributed by atoms with Crippen molar-refractivity contribution in [3.05, 3.63) is 11.1 Å². The lowest BCUT2D eigenvalue weighted by molar-refractivity contribution is -0.198. The molecule has 5 aliphatic rings. The van der Waals surface area contributed by atoms with Crippen molar-refractivity contribution in [3.63, 3.8) is 0 Å². The van der Waals surface area contributed by atoms with Gasteiger partial charge in [0, 0.05) is 37.5 Å². The monoisotopic (exact) mass is 292 g/mol. The first-order chi connectivity index (χ1) is 9.84. The zero-order valence-electron chi connectivity index (χ0n) is 12.8. The predicted molar refractivity (Wildman–Crippen MR) is 71.4 cm³/mol. The number of rotatable bonds is 1. The molecule has 2 aliphatic carbocycles. The molecule has 2 spiro atoms. The predicted octanol–water partition coefficient (Wildman–Crippen LogP) is 1.70. The van der Waals surface area contributed by atoms with Gasteiger partial charge in [-0.25, -0.2) is 4.79 Å². The fourth-order valence-corrected chi connectivity index (χ4v) is 5.54. The fraction of sp³-hybridized carbons (Fsp3) is 0.812. The van der Waals surface area contributed by atoms with Crippen LogP contribution in [-0.2, 0) is 23.7 Å². The molecular formula is C16H20O5. The highest BCUT2D eigenvalue weighted by atomic mass is 16.7.